The van der Waals surface area contributed by atoms with E-state index in [4.69, 9.17) is 23.7 Å². The Morgan fingerprint density at radius 2 is 1.31 bits per heavy atom. The first-order chi connectivity index (χ1) is 23.3. The first-order valence-corrected chi connectivity index (χ1v) is 16.4. The lowest BCUT2D eigenvalue weighted by atomic mass is 9.94. The molecule has 0 unspecified atom stereocenters. The topological polar surface area (TPSA) is 181 Å². The van der Waals surface area contributed by atoms with E-state index < -0.39 is 82.9 Å². The summed E-state index contributed by atoms with van der Waals surface area (Å²) in [6.07, 6.45) is -6.43. The van der Waals surface area contributed by atoms with Crippen molar-refractivity contribution in [3.63, 3.8) is 0 Å². The first kappa shape index (κ1) is 34.9. The second-order valence-corrected chi connectivity index (χ2v) is 12.8. The van der Waals surface area contributed by atoms with E-state index in [1.807, 2.05) is 0 Å². The fourth-order valence-electron chi connectivity index (χ4n) is 5.44. The Morgan fingerprint density at radius 1 is 0.755 bits per heavy atom. The number of benzene rings is 3. The summed E-state index contributed by atoms with van der Waals surface area (Å²) in [6, 6.07) is 18.0. The molecule has 0 aromatic heterocycles. The van der Waals surface area contributed by atoms with Crippen LogP contribution in [0.5, 0.6) is 0 Å². The quantitative estimate of drug-likeness (QED) is 0.105. The average Bonchev–Trinajstić information content (AvgIpc) is 3.30. The van der Waals surface area contributed by atoms with Gasteiger partial charge in [0.25, 0.3) is 21.8 Å². The number of esters is 3. The monoisotopic (exact) mass is 692 g/mol. The van der Waals surface area contributed by atoms with Crippen LogP contribution < -0.4 is 0 Å². The molecule has 49 heavy (non-hydrogen) atoms. The van der Waals surface area contributed by atoms with Crippen LogP contribution in [0, 0.1) is 6.92 Å². The lowest BCUT2D eigenvalue weighted by Crippen LogP contribution is -2.67. The van der Waals surface area contributed by atoms with Crippen molar-refractivity contribution < 1.29 is 56.1 Å². The maximum atomic E-state index is 13.9. The van der Waals surface area contributed by atoms with Crippen LogP contribution in [0.1, 0.15) is 52.6 Å². The number of imide groups is 1. The van der Waals surface area contributed by atoms with Crippen molar-refractivity contribution in [3.8, 4) is 0 Å². The molecule has 5 atom stereocenters. The molecule has 0 spiro atoms. The number of ether oxygens (including phenoxy) is 5. The summed E-state index contributed by atoms with van der Waals surface area (Å²) in [6.45, 7) is 4.48. The van der Waals surface area contributed by atoms with Crippen LogP contribution >= 0.6 is 0 Å². The maximum absolute atomic E-state index is 13.9. The van der Waals surface area contributed by atoms with Crippen molar-refractivity contribution in [2.45, 2.75) is 63.2 Å². The number of hydrogen-bond donors (Lipinski definition) is 0. The van der Waals surface area contributed by atoms with Gasteiger partial charge >= 0.3 is 17.9 Å². The predicted octanol–water partition coefficient (Wildman–Crippen LogP) is 2.96. The fourth-order valence-corrected chi connectivity index (χ4v) is 6.39. The third-order valence-corrected chi connectivity index (χ3v) is 8.84. The minimum absolute atomic E-state index is 0.0257. The number of hydrogen-bond acceptors (Lipinski definition) is 12. The minimum atomic E-state index is -4.44. The summed E-state index contributed by atoms with van der Waals surface area (Å²) in [7, 11) is -4.44. The highest BCUT2D eigenvalue weighted by Gasteiger charge is 2.58. The van der Waals surface area contributed by atoms with E-state index in [0.717, 1.165) is 31.2 Å². The van der Waals surface area contributed by atoms with E-state index in [9.17, 15) is 32.4 Å². The molecule has 15 heteroatoms. The zero-order chi connectivity index (χ0) is 35.5. The van der Waals surface area contributed by atoms with Gasteiger partial charge in [0.15, 0.2) is 12.2 Å². The molecular weight excluding hydrogens is 660 g/mol. The Labute approximate surface area is 281 Å². The van der Waals surface area contributed by atoms with Crippen LogP contribution in [0.3, 0.4) is 0 Å². The summed E-state index contributed by atoms with van der Waals surface area (Å²) in [5.41, 5.74) is 1.01. The third-order valence-electron chi connectivity index (χ3n) is 7.56. The molecule has 1 saturated heterocycles. The van der Waals surface area contributed by atoms with Gasteiger partial charge < -0.3 is 23.7 Å². The van der Waals surface area contributed by atoms with Crippen LogP contribution in [0.2, 0.25) is 0 Å². The largest absolute Gasteiger partial charge is 0.463 e. The lowest BCUT2D eigenvalue weighted by Gasteiger charge is -2.46. The first-order valence-electron chi connectivity index (χ1n) is 15.0. The summed E-state index contributed by atoms with van der Waals surface area (Å²) in [4.78, 5) is 65.0. The predicted molar refractivity (Wildman–Crippen MR) is 170 cm³/mol. The summed E-state index contributed by atoms with van der Waals surface area (Å²) in [5, 5.41) is 0. The second kappa shape index (κ2) is 14.4. The van der Waals surface area contributed by atoms with Crippen molar-refractivity contribution in [1.82, 2.24) is 4.90 Å². The Balaban J connectivity index is 1.69. The number of carbonyl (C=O) groups excluding carboxylic acids is 5. The van der Waals surface area contributed by atoms with E-state index in [1.54, 1.807) is 49.4 Å². The van der Waals surface area contributed by atoms with Crippen LogP contribution in [-0.2, 0) is 48.1 Å². The van der Waals surface area contributed by atoms with Gasteiger partial charge in [0, 0.05) is 26.3 Å². The molecular formula is C34H32N2O12S. The van der Waals surface area contributed by atoms with Crippen molar-refractivity contribution in [2.75, 3.05) is 6.61 Å². The molecule has 3 aromatic carbocycles. The van der Waals surface area contributed by atoms with Gasteiger partial charge in [-0.2, -0.15) is 8.42 Å². The van der Waals surface area contributed by atoms with Crippen LogP contribution in [0.15, 0.2) is 88.2 Å². The highest BCUT2D eigenvalue weighted by molar-refractivity contribution is 7.90. The zero-order valence-electron chi connectivity index (χ0n) is 26.8. The standard InChI is InChI=1S/C34H32N2O12S/c1-19-14-16-24(17-15-19)49(42,43)35-31(23-10-6-5-7-11-23)48-34-28(36-32(40)25-12-8-9-13-26(25)33(36)41)30(46-22(4)39)29(45-21(3)38)27(47-34)18-44-20(2)37/h5-17,27-30,34H,18H2,1-4H3/b35-31+/t27-,28-,29-,30-,34+/m1/s1. The zero-order valence-corrected chi connectivity index (χ0v) is 27.6. The summed E-state index contributed by atoms with van der Waals surface area (Å²) in [5.74, 6) is -4.61. The number of aryl methyl sites for hydroxylation is 1. The maximum Gasteiger partial charge on any atom is 0.303 e. The molecule has 0 saturated carbocycles. The third kappa shape index (κ3) is 7.68. The van der Waals surface area contributed by atoms with E-state index >= 15 is 0 Å². The minimum Gasteiger partial charge on any atom is -0.463 e. The molecule has 1 fully saturated rings. The number of nitrogens with zero attached hydrogens (tertiary/aromatic N) is 2. The van der Waals surface area contributed by atoms with Crippen molar-refractivity contribution in [3.05, 3.63) is 101 Å². The molecule has 5 rings (SSSR count). The molecule has 0 aliphatic carbocycles. The molecule has 0 N–H and O–H groups in total. The summed E-state index contributed by atoms with van der Waals surface area (Å²) >= 11 is 0. The van der Waals surface area contributed by atoms with E-state index in [0.29, 0.717) is 0 Å². The molecule has 2 amide bonds. The molecule has 0 radical (unpaired) electrons. The van der Waals surface area contributed by atoms with Crippen molar-refractivity contribution in [2.24, 2.45) is 4.40 Å². The van der Waals surface area contributed by atoms with Gasteiger partial charge in [0.05, 0.1) is 16.0 Å². The number of amides is 2. The fraction of sp³-hybridized carbons (Fsp3) is 0.294. The van der Waals surface area contributed by atoms with Crippen LogP contribution in [-0.4, -0.2) is 86.2 Å². The SMILES string of the molecule is CC(=O)OC[C@H]1O[C@@H](O/C(=N/S(=O)(=O)c2ccc(C)cc2)c2ccccc2)[C@H](N2C(=O)c3ccccc3C2=O)[C@@H](OC(C)=O)[C@@H]1OC(C)=O. The van der Waals surface area contributed by atoms with Crippen molar-refractivity contribution in [1.29, 1.82) is 0 Å². The van der Waals surface area contributed by atoms with E-state index in [-0.39, 0.29) is 21.6 Å². The second-order valence-electron chi connectivity index (χ2n) is 11.2. The molecule has 2 aliphatic rings. The van der Waals surface area contributed by atoms with Crippen molar-refractivity contribution >= 4 is 45.6 Å². The average molecular weight is 693 g/mol. The van der Waals surface area contributed by atoms with E-state index in [2.05, 4.69) is 4.40 Å². The highest BCUT2D eigenvalue weighted by Crippen LogP contribution is 2.36. The molecule has 3 aromatic rings. The van der Waals surface area contributed by atoms with E-state index in [1.165, 1.54) is 36.4 Å². The van der Waals surface area contributed by atoms with Crippen LogP contribution in [0.25, 0.3) is 0 Å². The van der Waals surface area contributed by atoms with Gasteiger partial charge in [-0.3, -0.25) is 28.9 Å². The Kier molecular flexibility index (Phi) is 10.2. The smallest absolute Gasteiger partial charge is 0.303 e. The lowest BCUT2D eigenvalue weighted by molar-refractivity contribution is -0.268. The summed E-state index contributed by atoms with van der Waals surface area (Å²) < 4.78 is 59.8. The number of rotatable bonds is 9. The molecule has 2 heterocycles. The van der Waals surface area contributed by atoms with Gasteiger partial charge in [-0.05, 0) is 43.3 Å². The van der Waals surface area contributed by atoms with Gasteiger partial charge in [-0.25, -0.2) is 0 Å². The Bertz CT molecular complexity index is 1880. The molecule has 256 valence electrons. The molecule has 0 bridgehead atoms. The van der Waals surface area contributed by atoms with Gasteiger partial charge in [0.1, 0.15) is 18.8 Å². The van der Waals surface area contributed by atoms with Gasteiger partial charge in [-0.15, -0.1) is 4.40 Å². The van der Waals surface area contributed by atoms with Gasteiger partial charge in [0.2, 0.25) is 12.2 Å². The van der Waals surface area contributed by atoms with Crippen LogP contribution in [0.4, 0.5) is 0 Å². The van der Waals surface area contributed by atoms with Gasteiger partial charge in [-0.1, -0.05) is 48.0 Å². The number of fused-ring (bicyclic) bond motifs is 1. The Morgan fingerprint density at radius 3 is 1.86 bits per heavy atom. The normalized spacial score (nSPS) is 22.2. The number of sulfonamides is 1. The Hall–Kier alpha value is -5.41. The number of carbonyl (C=O) groups is 5. The molecule has 2 aliphatic heterocycles. The molecule has 14 nitrogen and oxygen atoms in total. The highest BCUT2D eigenvalue weighted by atomic mass is 32.2.